The summed E-state index contributed by atoms with van der Waals surface area (Å²) in [6.45, 7) is 6.73. The Hall–Kier alpha value is -1.89. The Kier molecular flexibility index (Phi) is 6.75. The Morgan fingerprint density at radius 1 is 1.25 bits per heavy atom. The number of carbonyl (C=O) groups is 2. The molecule has 1 amide bonds. The Labute approximate surface area is 167 Å². The van der Waals surface area contributed by atoms with E-state index in [9.17, 15) is 4.79 Å². The minimum Gasteiger partial charge on any atom is -0.483 e. The number of hydrogen-bond acceptors (Lipinski definition) is 4. The average molecular weight is 391 g/mol. The van der Waals surface area contributed by atoms with Gasteiger partial charge in [0.25, 0.3) is 6.47 Å². The van der Waals surface area contributed by atoms with Gasteiger partial charge in [-0.25, -0.2) is 0 Å². The van der Waals surface area contributed by atoms with E-state index >= 15 is 0 Å². The predicted octanol–water partition coefficient (Wildman–Crippen LogP) is 2.43. The highest BCUT2D eigenvalue weighted by atomic mass is 16.3. The monoisotopic (exact) mass is 390 g/mol. The molecule has 4 rings (SSSR count). The van der Waals surface area contributed by atoms with Gasteiger partial charge in [-0.1, -0.05) is 19.3 Å². The zero-order valence-corrected chi connectivity index (χ0v) is 17.3. The number of amides is 1. The first-order chi connectivity index (χ1) is 13.5. The van der Waals surface area contributed by atoms with E-state index in [2.05, 4.69) is 21.0 Å². The number of aryl methyl sites for hydroxylation is 2. The van der Waals surface area contributed by atoms with E-state index in [1.54, 1.807) is 0 Å². The van der Waals surface area contributed by atoms with Crippen LogP contribution in [-0.4, -0.2) is 63.2 Å². The van der Waals surface area contributed by atoms with Gasteiger partial charge in [0.15, 0.2) is 0 Å². The first-order valence-electron chi connectivity index (χ1n) is 10.6. The van der Waals surface area contributed by atoms with Gasteiger partial charge < -0.3 is 10.0 Å². The molecule has 3 heterocycles. The second-order valence-corrected chi connectivity index (χ2v) is 8.79. The minimum atomic E-state index is -0.250. The molecule has 0 bridgehead atoms. The van der Waals surface area contributed by atoms with Crippen molar-refractivity contribution < 1.29 is 14.7 Å². The van der Waals surface area contributed by atoms with E-state index in [0.29, 0.717) is 5.91 Å². The topological polar surface area (TPSA) is 78.7 Å². The molecule has 156 valence electrons. The normalized spacial score (nSPS) is 25.9. The molecule has 2 saturated heterocycles. The molecule has 1 N–H and O–H groups in total. The maximum absolute atomic E-state index is 13.0. The smallest absolute Gasteiger partial charge is 0.290 e. The highest BCUT2D eigenvalue weighted by Gasteiger charge is 2.53. The van der Waals surface area contributed by atoms with E-state index in [-0.39, 0.29) is 11.9 Å². The van der Waals surface area contributed by atoms with Crippen LogP contribution in [-0.2, 0) is 23.2 Å². The van der Waals surface area contributed by atoms with E-state index in [0.717, 1.165) is 57.2 Å². The number of piperidine rings is 1. The summed E-state index contributed by atoms with van der Waals surface area (Å²) >= 11 is 0. The van der Waals surface area contributed by atoms with Crippen molar-refractivity contribution in [2.45, 2.75) is 58.4 Å². The number of rotatable bonds is 4. The van der Waals surface area contributed by atoms with E-state index < -0.39 is 0 Å². The van der Waals surface area contributed by atoms with Gasteiger partial charge in [0, 0.05) is 33.2 Å². The fourth-order valence-corrected chi connectivity index (χ4v) is 5.28. The van der Waals surface area contributed by atoms with Gasteiger partial charge in [0.2, 0.25) is 5.91 Å². The molecule has 1 aliphatic carbocycles. The molecule has 0 radical (unpaired) electrons. The third kappa shape index (κ3) is 4.57. The number of β-lactam (4-membered cyclic amide) rings is 1. The quantitative estimate of drug-likeness (QED) is 0.631. The lowest BCUT2D eigenvalue weighted by Crippen LogP contribution is -2.67. The Balaban J connectivity index is 0.000000706. The Morgan fingerprint density at radius 2 is 1.96 bits per heavy atom. The van der Waals surface area contributed by atoms with Gasteiger partial charge in [0.05, 0.1) is 16.8 Å². The third-order valence-electron chi connectivity index (χ3n) is 6.58. The highest BCUT2D eigenvalue weighted by Crippen LogP contribution is 2.41. The van der Waals surface area contributed by atoms with Crippen molar-refractivity contribution in [2.24, 2.45) is 18.4 Å². The van der Waals surface area contributed by atoms with Crippen molar-refractivity contribution in [1.82, 2.24) is 19.6 Å². The van der Waals surface area contributed by atoms with Crippen molar-refractivity contribution in [1.29, 1.82) is 0 Å². The van der Waals surface area contributed by atoms with Crippen LogP contribution in [0.15, 0.2) is 6.07 Å². The number of nitrogens with zero attached hydrogens (tertiary/aromatic N) is 4. The van der Waals surface area contributed by atoms with Crippen molar-refractivity contribution in [3.8, 4) is 0 Å². The zero-order valence-electron chi connectivity index (χ0n) is 17.3. The third-order valence-corrected chi connectivity index (χ3v) is 6.58. The summed E-state index contributed by atoms with van der Waals surface area (Å²) < 4.78 is 1.98. The van der Waals surface area contributed by atoms with E-state index in [4.69, 9.17) is 9.90 Å². The standard InChI is InChI=1S/C20H32N4O.CH2O2/c1-16-11-18(22(2)21-16)13-23-10-6-9-20(14-23)15-24(19(20)25)12-17-7-4-3-5-8-17;2-1-3/h11,17H,3-10,12-15H2,1-2H3;1H,(H,2,3). The highest BCUT2D eigenvalue weighted by molar-refractivity contribution is 5.89. The largest absolute Gasteiger partial charge is 0.483 e. The summed E-state index contributed by atoms with van der Waals surface area (Å²) in [6, 6.07) is 2.17. The molecule has 3 aliphatic rings. The molecule has 1 aromatic rings. The summed E-state index contributed by atoms with van der Waals surface area (Å²) in [7, 11) is 2.02. The van der Waals surface area contributed by atoms with Gasteiger partial charge in [-0.05, 0) is 51.1 Å². The number of carbonyl (C=O) groups excluding carboxylic acids is 1. The summed E-state index contributed by atoms with van der Waals surface area (Å²) in [6.07, 6.45) is 8.96. The van der Waals surface area contributed by atoms with Gasteiger partial charge >= 0.3 is 0 Å². The van der Waals surface area contributed by atoms with Gasteiger partial charge in [-0.3, -0.25) is 19.2 Å². The predicted molar refractivity (Wildman–Crippen MR) is 107 cm³/mol. The van der Waals surface area contributed by atoms with Crippen LogP contribution in [0.5, 0.6) is 0 Å². The van der Waals surface area contributed by atoms with Gasteiger partial charge in [-0.2, -0.15) is 5.10 Å². The summed E-state index contributed by atoms with van der Waals surface area (Å²) in [5.41, 5.74) is 2.24. The summed E-state index contributed by atoms with van der Waals surface area (Å²) in [5.74, 6) is 1.19. The second kappa shape index (κ2) is 9.07. The minimum absolute atomic E-state index is 0.0828. The molecular weight excluding hydrogens is 356 g/mol. The molecule has 0 aromatic carbocycles. The van der Waals surface area contributed by atoms with Crippen molar-refractivity contribution >= 4 is 12.4 Å². The molecule has 1 aromatic heterocycles. The molecule has 1 unspecified atom stereocenters. The van der Waals surface area contributed by atoms with Crippen LogP contribution in [0.2, 0.25) is 0 Å². The zero-order chi connectivity index (χ0) is 20.1. The maximum atomic E-state index is 13.0. The fourth-order valence-electron chi connectivity index (χ4n) is 5.28. The number of aromatic nitrogens is 2. The molecule has 1 atom stereocenters. The van der Waals surface area contributed by atoms with Crippen molar-refractivity contribution in [2.75, 3.05) is 26.2 Å². The van der Waals surface area contributed by atoms with E-state index in [1.807, 2.05) is 18.7 Å². The van der Waals surface area contributed by atoms with Crippen molar-refractivity contribution in [3.63, 3.8) is 0 Å². The molecule has 2 aliphatic heterocycles. The number of likely N-dealkylation sites (tertiary alicyclic amines) is 2. The van der Waals surface area contributed by atoms with E-state index in [1.165, 1.54) is 37.8 Å². The lowest BCUT2D eigenvalue weighted by molar-refractivity contribution is -0.168. The Morgan fingerprint density at radius 3 is 2.57 bits per heavy atom. The fraction of sp³-hybridized carbons (Fsp3) is 0.762. The molecular formula is C21H34N4O3. The first-order valence-corrected chi connectivity index (χ1v) is 10.6. The van der Waals surface area contributed by atoms with Gasteiger partial charge in [0.1, 0.15) is 0 Å². The summed E-state index contributed by atoms with van der Waals surface area (Å²) in [4.78, 5) is 26.0. The molecule has 28 heavy (non-hydrogen) atoms. The maximum Gasteiger partial charge on any atom is 0.290 e. The van der Waals surface area contributed by atoms with Crippen molar-refractivity contribution in [3.05, 3.63) is 17.5 Å². The SMILES string of the molecule is Cc1cc(CN2CCCC3(C2)CN(CC2CCCCC2)C3=O)n(C)n1.O=CO. The van der Waals surface area contributed by atoms with Crippen LogP contribution in [0.25, 0.3) is 0 Å². The molecule has 3 fully saturated rings. The van der Waals surface area contributed by atoms with Crippen LogP contribution < -0.4 is 0 Å². The second-order valence-electron chi connectivity index (χ2n) is 8.79. The van der Waals surface area contributed by atoms with Crippen LogP contribution in [0.1, 0.15) is 56.3 Å². The number of hydrogen-bond donors (Lipinski definition) is 1. The summed E-state index contributed by atoms with van der Waals surface area (Å²) in [5, 5.41) is 11.3. The molecule has 1 spiro atoms. The number of carboxylic acid groups (broad SMARTS) is 1. The molecule has 7 heteroatoms. The first kappa shape index (κ1) is 20.8. The van der Waals surface area contributed by atoms with Crippen LogP contribution in [0.3, 0.4) is 0 Å². The van der Waals surface area contributed by atoms with Crippen LogP contribution >= 0.6 is 0 Å². The lowest BCUT2D eigenvalue weighted by atomic mass is 9.71. The Bertz CT molecular complexity index is 683. The average Bonchev–Trinajstić information content (AvgIpc) is 3.00. The van der Waals surface area contributed by atoms with Crippen LogP contribution in [0.4, 0.5) is 0 Å². The van der Waals surface area contributed by atoms with Gasteiger partial charge in [-0.15, -0.1) is 0 Å². The lowest BCUT2D eigenvalue weighted by Gasteiger charge is -2.54. The molecule has 7 nitrogen and oxygen atoms in total. The molecule has 1 saturated carbocycles. The van der Waals surface area contributed by atoms with Crippen LogP contribution in [0, 0.1) is 18.3 Å².